The molecule has 0 aliphatic carbocycles. The number of nitriles is 1. The smallest absolute Gasteiger partial charge is 0.316 e. The van der Waals surface area contributed by atoms with Gasteiger partial charge in [0.15, 0.2) is 0 Å². The average molecular weight is 511 g/mol. The topological polar surface area (TPSA) is 107 Å². The highest BCUT2D eigenvalue weighted by atomic mass is 16.5. The molecule has 8 heteroatoms. The van der Waals surface area contributed by atoms with E-state index < -0.39 is 0 Å². The molecular weight excluding hydrogens is 476 g/mol. The van der Waals surface area contributed by atoms with E-state index in [4.69, 9.17) is 4.74 Å². The molecule has 0 aliphatic rings. The summed E-state index contributed by atoms with van der Waals surface area (Å²) in [6, 6.07) is 17.7. The van der Waals surface area contributed by atoms with E-state index in [1.54, 1.807) is 24.5 Å². The van der Waals surface area contributed by atoms with E-state index in [0.29, 0.717) is 36.7 Å². The highest BCUT2D eigenvalue weighted by molar-refractivity contribution is 5.94. The van der Waals surface area contributed by atoms with E-state index in [2.05, 4.69) is 45.3 Å². The third-order valence-electron chi connectivity index (χ3n) is 6.37. The average Bonchev–Trinajstić information content (AvgIpc) is 3.35. The Balaban J connectivity index is 1.24. The van der Waals surface area contributed by atoms with Crippen LogP contribution in [-0.2, 0) is 6.42 Å². The van der Waals surface area contributed by atoms with Crippen molar-refractivity contribution in [3.63, 3.8) is 0 Å². The standard InChI is InChI=1S/C30H34N6O2/c1-36(2)17-5-3-4-6-18-38-30-33-16-14-27(35-30)23-8-10-24(11-9-23)29(37)32-15-13-22-7-12-28-26(19-22)25(20-31)21-34-28/h7-12,14,16,19,21,34H,3-6,13,15,17-18H2,1-2H3,(H,32,37). The van der Waals surface area contributed by atoms with Crippen LogP contribution < -0.4 is 10.1 Å². The Hall–Kier alpha value is -4.22. The molecule has 2 heterocycles. The fourth-order valence-corrected chi connectivity index (χ4v) is 4.25. The van der Waals surface area contributed by atoms with Gasteiger partial charge in [0.25, 0.3) is 5.91 Å². The molecule has 38 heavy (non-hydrogen) atoms. The quantitative estimate of drug-likeness (QED) is 0.246. The van der Waals surface area contributed by atoms with E-state index in [9.17, 15) is 10.1 Å². The molecule has 4 aromatic rings. The van der Waals surface area contributed by atoms with Gasteiger partial charge in [-0.3, -0.25) is 4.79 Å². The summed E-state index contributed by atoms with van der Waals surface area (Å²) >= 11 is 0. The summed E-state index contributed by atoms with van der Waals surface area (Å²) < 4.78 is 5.76. The Morgan fingerprint density at radius 1 is 1.08 bits per heavy atom. The summed E-state index contributed by atoms with van der Waals surface area (Å²) in [5.74, 6) is -0.130. The molecule has 196 valence electrons. The maximum atomic E-state index is 12.6. The zero-order valence-corrected chi connectivity index (χ0v) is 22.0. The van der Waals surface area contributed by atoms with Crippen LogP contribution in [0.5, 0.6) is 6.01 Å². The predicted molar refractivity (Wildman–Crippen MR) is 149 cm³/mol. The molecule has 0 fully saturated rings. The van der Waals surface area contributed by atoms with Gasteiger partial charge in [0.1, 0.15) is 6.07 Å². The lowest BCUT2D eigenvalue weighted by atomic mass is 10.1. The minimum absolute atomic E-state index is 0.130. The van der Waals surface area contributed by atoms with E-state index in [-0.39, 0.29) is 5.91 Å². The number of nitrogens with zero attached hydrogens (tertiary/aromatic N) is 4. The molecule has 0 unspecified atom stereocenters. The third-order valence-corrected chi connectivity index (χ3v) is 6.37. The number of carbonyl (C=O) groups is 1. The number of ether oxygens (including phenoxy) is 1. The van der Waals surface area contributed by atoms with Gasteiger partial charge in [-0.1, -0.05) is 31.0 Å². The first-order valence-electron chi connectivity index (χ1n) is 13.0. The SMILES string of the molecule is CN(C)CCCCCCOc1nccc(-c2ccc(C(=O)NCCc3ccc4[nH]cc(C#N)c4c3)cc2)n1. The third kappa shape index (κ3) is 7.40. The predicted octanol–water partition coefficient (Wildman–Crippen LogP) is 4.97. The largest absolute Gasteiger partial charge is 0.463 e. The first-order chi connectivity index (χ1) is 18.5. The summed E-state index contributed by atoms with van der Waals surface area (Å²) in [6.45, 7) is 2.21. The molecule has 1 amide bonds. The number of hydrogen-bond donors (Lipinski definition) is 2. The van der Waals surface area contributed by atoms with Crippen molar-refractivity contribution in [3.8, 4) is 23.3 Å². The Morgan fingerprint density at radius 2 is 1.89 bits per heavy atom. The lowest BCUT2D eigenvalue weighted by Gasteiger charge is -2.09. The molecule has 0 saturated heterocycles. The maximum absolute atomic E-state index is 12.6. The van der Waals surface area contributed by atoms with Gasteiger partial charge in [0.2, 0.25) is 0 Å². The van der Waals surface area contributed by atoms with E-state index in [1.807, 2.05) is 36.4 Å². The van der Waals surface area contributed by atoms with Crippen molar-refractivity contribution in [2.75, 3.05) is 33.8 Å². The van der Waals surface area contributed by atoms with Gasteiger partial charge in [-0.25, -0.2) is 4.98 Å². The van der Waals surface area contributed by atoms with Crippen molar-refractivity contribution in [2.24, 2.45) is 0 Å². The van der Waals surface area contributed by atoms with Crippen molar-refractivity contribution < 1.29 is 9.53 Å². The second kappa shape index (κ2) is 13.4. The number of amides is 1. The number of aromatic amines is 1. The highest BCUT2D eigenvalue weighted by Gasteiger charge is 2.09. The van der Waals surface area contributed by atoms with Crippen LogP contribution in [0.25, 0.3) is 22.2 Å². The molecule has 0 bridgehead atoms. The highest BCUT2D eigenvalue weighted by Crippen LogP contribution is 2.20. The van der Waals surface area contributed by atoms with Crippen LogP contribution in [0.15, 0.2) is 60.9 Å². The van der Waals surface area contributed by atoms with Gasteiger partial charge in [-0.2, -0.15) is 10.2 Å². The molecule has 2 aromatic heterocycles. The minimum atomic E-state index is -0.130. The minimum Gasteiger partial charge on any atom is -0.463 e. The Morgan fingerprint density at radius 3 is 2.68 bits per heavy atom. The van der Waals surface area contributed by atoms with Crippen LogP contribution in [0.2, 0.25) is 0 Å². The number of hydrogen-bond acceptors (Lipinski definition) is 6. The first kappa shape index (κ1) is 26.8. The van der Waals surface area contributed by atoms with Crippen LogP contribution in [0.3, 0.4) is 0 Å². The van der Waals surface area contributed by atoms with Gasteiger partial charge >= 0.3 is 6.01 Å². The van der Waals surface area contributed by atoms with Crippen molar-refractivity contribution in [2.45, 2.75) is 32.1 Å². The monoisotopic (exact) mass is 510 g/mol. The Bertz CT molecular complexity index is 1390. The first-order valence-corrected chi connectivity index (χ1v) is 13.0. The lowest BCUT2D eigenvalue weighted by molar-refractivity contribution is 0.0954. The maximum Gasteiger partial charge on any atom is 0.316 e. The molecule has 2 aromatic carbocycles. The van der Waals surface area contributed by atoms with Crippen LogP contribution in [0.1, 0.15) is 47.2 Å². The number of aromatic nitrogens is 3. The number of carbonyl (C=O) groups excluding carboxylic acids is 1. The summed E-state index contributed by atoms with van der Waals surface area (Å²) in [7, 11) is 4.19. The molecule has 0 atom stereocenters. The second-order valence-electron chi connectivity index (χ2n) is 9.57. The van der Waals surface area contributed by atoms with E-state index in [1.165, 1.54) is 12.8 Å². The summed E-state index contributed by atoms with van der Waals surface area (Å²) in [5.41, 5.74) is 4.86. The summed E-state index contributed by atoms with van der Waals surface area (Å²) in [4.78, 5) is 26.7. The molecule has 0 saturated carbocycles. The number of rotatable bonds is 13. The zero-order chi connectivity index (χ0) is 26.7. The molecule has 8 nitrogen and oxygen atoms in total. The Labute approximate surface area is 223 Å². The van der Waals surface area contributed by atoms with Gasteiger partial charge < -0.3 is 19.9 Å². The van der Waals surface area contributed by atoms with Crippen molar-refractivity contribution >= 4 is 16.8 Å². The molecule has 4 rings (SSSR count). The molecular formula is C30H34N6O2. The number of unbranched alkanes of at least 4 members (excludes halogenated alkanes) is 3. The van der Waals surface area contributed by atoms with Crippen LogP contribution in [-0.4, -0.2) is 59.6 Å². The number of fused-ring (bicyclic) bond motifs is 1. The van der Waals surface area contributed by atoms with Gasteiger partial charge in [0, 0.05) is 41.0 Å². The molecule has 0 aliphatic heterocycles. The van der Waals surface area contributed by atoms with Crippen LogP contribution >= 0.6 is 0 Å². The zero-order valence-electron chi connectivity index (χ0n) is 22.0. The Kier molecular flexibility index (Phi) is 9.43. The summed E-state index contributed by atoms with van der Waals surface area (Å²) in [6.07, 6.45) is 8.57. The van der Waals surface area contributed by atoms with Crippen LogP contribution in [0, 0.1) is 11.3 Å². The van der Waals surface area contributed by atoms with E-state index >= 15 is 0 Å². The van der Waals surface area contributed by atoms with Crippen LogP contribution in [0.4, 0.5) is 0 Å². The number of benzene rings is 2. The van der Waals surface area contributed by atoms with E-state index in [0.717, 1.165) is 47.1 Å². The van der Waals surface area contributed by atoms with Crippen molar-refractivity contribution in [3.05, 3.63) is 77.6 Å². The second-order valence-corrected chi connectivity index (χ2v) is 9.57. The number of nitrogens with one attached hydrogen (secondary N) is 2. The van der Waals surface area contributed by atoms with Crippen molar-refractivity contribution in [1.82, 2.24) is 25.2 Å². The molecule has 0 radical (unpaired) electrons. The molecule has 2 N–H and O–H groups in total. The fraction of sp³-hybridized carbons (Fsp3) is 0.333. The normalized spacial score (nSPS) is 11.0. The van der Waals surface area contributed by atoms with Crippen molar-refractivity contribution in [1.29, 1.82) is 5.26 Å². The number of H-pyrrole nitrogens is 1. The van der Waals surface area contributed by atoms with Gasteiger partial charge in [-0.15, -0.1) is 0 Å². The summed E-state index contributed by atoms with van der Waals surface area (Å²) in [5, 5.41) is 13.1. The molecule has 0 spiro atoms. The van der Waals surface area contributed by atoms with Gasteiger partial charge in [-0.05, 0) is 75.8 Å². The fourth-order valence-electron chi connectivity index (χ4n) is 4.25. The van der Waals surface area contributed by atoms with Gasteiger partial charge in [0.05, 0.1) is 17.9 Å². The lowest BCUT2D eigenvalue weighted by Crippen LogP contribution is -2.25.